The molecule has 0 spiro atoms. The molecule has 7 nitrogen and oxygen atoms in total. The predicted molar refractivity (Wildman–Crippen MR) is 114 cm³/mol. The van der Waals surface area contributed by atoms with Gasteiger partial charge in [-0.25, -0.2) is 9.37 Å². The van der Waals surface area contributed by atoms with Gasteiger partial charge in [0.25, 0.3) is 11.8 Å². The Morgan fingerprint density at radius 2 is 2.06 bits per heavy atom. The van der Waals surface area contributed by atoms with E-state index in [-0.39, 0.29) is 23.4 Å². The van der Waals surface area contributed by atoms with E-state index in [4.69, 9.17) is 4.74 Å². The van der Waals surface area contributed by atoms with Gasteiger partial charge < -0.3 is 15.0 Å². The fourth-order valence-corrected chi connectivity index (χ4v) is 3.86. The van der Waals surface area contributed by atoms with Gasteiger partial charge in [-0.2, -0.15) is 0 Å². The summed E-state index contributed by atoms with van der Waals surface area (Å²) in [5, 5.41) is 2.52. The van der Waals surface area contributed by atoms with Crippen molar-refractivity contribution in [3.63, 3.8) is 0 Å². The number of carbonyl (C=O) groups excluding carboxylic acids is 2. The van der Waals surface area contributed by atoms with Crippen LogP contribution in [-0.4, -0.2) is 33.7 Å². The SMILES string of the molecule is CNC(=O)c1ccc(CN2Cc3ccnc(Oc4ccc(C5CC5)cc4F)c3C2=O)cn1. The average Bonchev–Trinajstić information content (AvgIpc) is 3.60. The Balaban J connectivity index is 1.34. The van der Waals surface area contributed by atoms with E-state index in [1.165, 1.54) is 6.07 Å². The second-order valence-corrected chi connectivity index (χ2v) is 8.01. The number of carbonyl (C=O) groups is 2. The minimum atomic E-state index is -0.460. The van der Waals surface area contributed by atoms with E-state index in [0.29, 0.717) is 30.3 Å². The van der Waals surface area contributed by atoms with Crippen LogP contribution in [0.4, 0.5) is 4.39 Å². The van der Waals surface area contributed by atoms with E-state index in [1.54, 1.807) is 48.6 Å². The van der Waals surface area contributed by atoms with Crippen LogP contribution in [0.2, 0.25) is 0 Å². The number of hydrogen-bond acceptors (Lipinski definition) is 5. The summed E-state index contributed by atoms with van der Waals surface area (Å²) in [6.07, 6.45) is 5.30. The van der Waals surface area contributed by atoms with Gasteiger partial charge in [0.15, 0.2) is 11.6 Å². The van der Waals surface area contributed by atoms with Crippen molar-refractivity contribution < 1.29 is 18.7 Å². The Hall–Kier alpha value is -3.81. The molecule has 8 heteroatoms. The highest BCUT2D eigenvalue weighted by atomic mass is 19.1. The van der Waals surface area contributed by atoms with Crippen molar-refractivity contribution in [1.29, 1.82) is 0 Å². The third-order valence-electron chi connectivity index (χ3n) is 5.73. The Labute approximate surface area is 184 Å². The summed E-state index contributed by atoms with van der Waals surface area (Å²) in [5.41, 5.74) is 3.18. The number of ether oxygens (including phenoxy) is 1. The first-order valence-corrected chi connectivity index (χ1v) is 10.4. The second-order valence-electron chi connectivity index (χ2n) is 8.01. The largest absolute Gasteiger partial charge is 0.435 e. The molecule has 5 rings (SSSR count). The molecule has 0 bridgehead atoms. The average molecular weight is 432 g/mol. The summed E-state index contributed by atoms with van der Waals surface area (Å²) in [6, 6.07) is 10.1. The van der Waals surface area contributed by atoms with Crippen LogP contribution in [0, 0.1) is 5.82 Å². The van der Waals surface area contributed by atoms with Crippen LogP contribution in [0.1, 0.15) is 56.3 Å². The van der Waals surface area contributed by atoms with E-state index in [9.17, 15) is 14.0 Å². The minimum Gasteiger partial charge on any atom is -0.435 e. The zero-order valence-electron chi connectivity index (χ0n) is 17.5. The summed E-state index contributed by atoms with van der Waals surface area (Å²) >= 11 is 0. The van der Waals surface area contributed by atoms with Gasteiger partial charge in [0.2, 0.25) is 5.88 Å². The molecule has 2 amide bonds. The highest BCUT2D eigenvalue weighted by Gasteiger charge is 2.32. The quantitative estimate of drug-likeness (QED) is 0.641. The number of amides is 2. The third-order valence-corrected chi connectivity index (χ3v) is 5.73. The highest BCUT2D eigenvalue weighted by molar-refractivity contribution is 6.00. The lowest BCUT2D eigenvalue weighted by molar-refractivity contribution is 0.0763. The Morgan fingerprint density at radius 1 is 1.22 bits per heavy atom. The summed E-state index contributed by atoms with van der Waals surface area (Å²) in [7, 11) is 1.54. The van der Waals surface area contributed by atoms with Gasteiger partial charge in [0, 0.05) is 32.5 Å². The topological polar surface area (TPSA) is 84.4 Å². The van der Waals surface area contributed by atoms with Crippen LogP contribution >= 0.6 is 0 Å². The van der Waals surface area contributed by atoms with Crippen molar-refractivity contribution in [2.24, 2.45) is 0 Å². The molecule has 3 aromatic rings. The molecule has 1 fully saturated rings. The van der Waals surface area contributed by atoms with E-state index in [0.717, 1.165) is 29.5 Å². The summed E-state index contributed by atoms with van der Waals surface area (Å²) in [5.74, 6) is -0.386. The second kappa shape index (κ2) is 8.03. The molecule has 1 aliphatic heterocycles. The molecule has 0 saturated heterocycles. The summed E-state index contributed by atoms with van der Waals surface area (Å²) in [4.78, 5) is 34.7. The van der Waals surface area contributed by atoms with Crippen LogP contribution in [0.3, 0.4) is 0 Å². The zero-order valence-corrected chi connectivity index (χ0v) is 17.5. The van der Waals surface area contributed by atoms with Crippen molar-refractivity contribution >= 4 is 11.8 Å². The van der Waals surface area contributed by atoms with Gasteiger partial charge in [-0.1, -0.05) is 12.1 Å². The molecule has 1 N–H and O–H groups in total. The fourth-order valence-electron chi connectivity index (χ4n) is 3.86. The molecule has 32 heavy (non-hydrogen) atoms. The highest BCUT2D eigenvalue weighted by Crippen LogP contribution is 2.41. The smallest absolute Gasteiger partial charge is 0.269 e. The van der Waals surface area contributed by atoms with Crippen molar-refractivity contribution in [3.8, 4) is 11.6 Å². The fraction of sp³-hybridized carbons (Fsp3) is 0.250. The van der Waals surface area contributed by atoms with Gasteiger partial charge in [-0.15, -0.1) is 0 Å². The van der Waals surface area contributed by atoms with E-state index in [1.807, 2.05) is 6.07 Å². The van der Waals surface area contributed by atoms with Gasteiger partial charge >= 0.3 is 0 Å². The number of hydrogen-bond donors (Lipinski definition) is 1. The third kappa shape index (κ3) is 3.79. The number of aromatic nitrogens is 2. The number of nitrogens with zero attached hydrogens (tertiary/aromatic N) is 3. The molecule has 1 aromatic carbocycles. The lowest BCUT2D eigenvalue weighted by atomic mass is 10.1. The first-order chi connectivity index (χ1) is 15.5. The molecule has 0 radical (unpaired) electrons. The Kier molecular flexibility index (Phi) is 5.05. The number of nitrogens with one attached hydrogen (secondary N) is 1. The van der Waals surface area contributed by atoms with Gasteiger partial charge in [0.1, 0.15) is 11.3 Å². The first-order valence-electron chi connectivity index (χ1n) is 10.4. The van der Waals surface area contributed by atoms with Crippen molar-refractivity contribution in [1.82, 2.24) is 20.2 Å². The number of rotatable bonds is 6. The monoisotopic (exact) mass is 432 g/mol. The minimum absolute atomic E-state index is 0.0514. The molecule has 3 heterocycles. The molecular formula is C24H21FN4O3. The van der Waals surface area contributed by atoms with E-state index >= 15 is 0 Å². The van der Waals surface area contributed by atoms with Crippen LogP contribution in [0.15, 0.2) is 48.8 Å². The van der Waals surface area contributed by atoms with E-state index in [2.05, 4.69) is 15.3 Å². The number of halogens is 1. The molecule has 1 aliphatic carbocycles. The lowest BCUT2D eigenvalue weighted by Gasteiger charge is -2.15. The zero-order chi connectivity index (χ0) is 22.2. The molecule has 2 aliphatic rings. The number of benzene rings is 1. The normalized spacial score (nSPS) is 14.9. The molecule has 2 aromatic heterocycles. The van der Waals surface area contributed by atoms with Crippen LogP contribution in [-0.2, 0) is 13.1 Å². The summed E-state index contributed by atoms with van der Waals surface area (Å²) in [6.45, 7) is 0.700. The number of pyridine rings is 2. The molecule has 1 saturated carbocycles. The van der Waals surface area contributed by atoms with Gasteiger partial charge in [-0.3, -0.25) is 14.6 Å². The predicted octanol–water partition coefficient (Wildman–Crippen LogP) is 3.80. The number of fused-ring (bicyclic) bond motifs is 1. The van der Waals surface area contributed by atoms with Crippen molar-refractivity contribution in [3.05, 3.63) is 82.6 Å². The van der Waals surface area contributed by atoms with Crippen LogP contribution in [0.5, 0.6) is 11.6 Å². The summed E-state index contributed by atoms with van der Waals surface area (Å²) < 4.78 is 20.3. The van der Waals surface area contributed by atoms with Gasteiger partial charge in [-0.05, 0) is 59.7 Å². The van der Waals surface area contributed by atoms with E-state index < -0.39 is 5.82 Å². The van der Waals surface area contributed by atoms with Gasteiger partial charge in [0.05, 0.1) is 0 Å². The maximum absolute atomic E-state index is 14.6. The van der Waals surface area contributed by atoms with Crippen molar-refractivity contribution in [2.45, 2.75) is 31.8 Å². The standard InChI is InChI=1S/C24H21FN4O3/c1-26-22(30)19-6-2-14(11-28-19)12-29-13-17-8-9-27-23(21(17)24(29)31)32-20-7-5-16(10-18(20)25)15-3-4-15/h2,5-11,15H,3-4,12-13H2,1H3,(H,26,30). The molecule has 0 atom stereocenters. The molecule has 0 unspecified atom stereocenters. The maximum Gasteiger partial charge on any atom is 0.269 e. The van der Waals surface area contributed by atoms with Crippen molar-refractivity contribution in [2.75, 3.05) is 7.05 Å². The lowest BCUT2D eigenvalue weighted by Crippen LogP contribution is -2.24. The molecule has 162 valence electrons. The first kappa shape index (κ1) is 20.1. The van der Waals surface area contributed by atoms with Crippen LogP contribution in [0.25, 0.3) is 0 Å². The Morgan fingerprint density at radius 3 is 2.75 bits per heavy atom. The Bertz CT molecular complexity index is 1210. The maximum atomic E-state index is 14.6. The molecular weight excluding hydrogens is 411 g/mol. The van der Waals surface area contributed by atoms with Crippen LogP contribution < -0.4 is 10.1 Å².